The highest BCUT2D eigenvalue weighted by atomic mass is 35.5. The van der Waals surface area contributed by atoms with Crippen molar-refractivity contribution in [3.8, 4) is 5.75 Å². The third-order valence-corrected chi connectivity index (χ3v) is 2.76. The molecule has 0 spiro atoms. The van der Waals surface area contributed by atoms with Crippen molar-refractivity contribution >= 4 is 17.4 Å². The van der Waals surface area contributed by atoms with E-state index < -0.39 is 6.10 Å². The van der Waals surface area contributed by atoms with Crippen molar-refractivity contribution in [2.45, 2.75) is 19.4 Å². The first-order chi connectivity index (χ1) is 8.65. The molecule has 0 bridgehead atoms. The maximum Gasteiger partial charge on any atom is 0.177 e. The van der Waals surface area contributed by atoms with Crippen LogP contribution in [-0.4, -0.2) is 11.9 Å². The summed E-state index contributed by atoms with van der Waals surface area (Å²) in [6.07, 6.45) is 2.89. The smallest absolute Gasteiger partial charge is 0.177 e. The van der Waals surface area contributed by atoms with Crippen LogP contribution in [0.3, 0.4) is 0 Å². The molecule has 1 aromatic carbocycles. The molecule has 0 aliphatic rings. The van der Waals surface area contributed by atoms with Crippen LogP contribution in [0.5, 0.6) is 5.75 Å². The number of ether oxygens (including phenoxy) is 1. The van der Waals surface area contributed by atoms with Gasteiger partial charge in [-0.1, -0.05) is 17.7 Å². The molecule has 0 radical (unpaired) electrons. The molecule has 3 nitrogen and oxygen atoms in total. The molecule has 0 aliphatic carbocycles. The lowest BCUT2D eigenvalue weighted by molar-refractivity contribution is -0.124. The fourth-order valence-corrected chi connectivity index (χ4v) is 1.73. The second kappa shape index (κ2) is 5.74. The van der Waals surface area contributed by atoms with Crippen LogP contribution in [0.2, 0.25) is 5.02 Å². The van der Waals surface area contributed by atoms with Crippen molar-refractivity contribution in [3.05, 3.63) is 53.4 Å². The Balaban J connectivity index is 1.95. The summed E-state index contributed by atoms with van der Waals surface area (Å²) in [5.74, 6) is 0.590. The summed E-state index contributed by atoms with van der Waals surface area (Å²) in [6.45, 7) is 1.73. The quantitative estimate of drug-likeness (QED) is 0.830. The van der Waals surface area contributed by atoms with Crippen LogP contribution in [0.4, 0.5) is 0 Å². The second-order valence-electron chi connectivity index (χ2n) is 3.99. The Morgan fingerprint density at radius 1 is 1.44 bits per heavy atom. The Morgan fingerprint density at radius 2 is 2.28 bits per heavy atom. The minimum atomic E-state index is -0.515. The molecule has 94 valence electrons. The normalized spacial score (nSPS) is 12.1. The molecule has 1 atom stereocenters. The summed E-state index contributed by atoms with van der Waals surface area (Å²) < 4.78 is 10.5. The van der Waals surface area contributed by atoms with E-state index in [1.54, 1.807) is 49.8 Å². The summed E-state index contributed by atoms with van der Waals surface area (Å²) in [6, 6.07) is 8.76. The molecule has 0 saturated heterocycles. The predicted octanol–water partition coefficient (Wildman–Crippen LogP) is 3.51. The van der Waals surface area contributed by atoms with E-state index in [1.807, 2.05) is 0 Å². The topological polar surface area (TPSA) is 39.4 Å². The van der Waals surface area contributed by atoms with Gasteiger partial charge >= 0.3 is 0 Å². The molecular weight excluding hydrogens is 252 g/mol. The van der Waals surface area contributed by atoms with Gasteiger partial charge in [0.15, 0.2) is 11.9 Å². The third-order valence-electron chi connectivity index (χ3n) is 2.52. The molecule has 1 aromatic heterocycles. The molecule has 4 heteroatoms. The number of Topliss-reactive ketones (excluding diaryl/α,β-unsaturated/α-hetero) is 1. The average molecular weight is 265 g/mol. The molecular formula is C14H13ClO3. The van der Waals surface area contributed by atoms with E-state index in [1.165, 1.54) is 0 Å². The van der Waals surface area contributed by atoms with Crippen LogP contribution in [0.25, 0.3) is 0 Å². The molecule has 2 rings (SSSR count). The fraction of sp³-hybridized carbons (Fsp3) is 0.214. The molecule has 0 N–H and O–H groups in total. The number of furan rings is 1. The number of benzene rings is 1. The van der Waals surface area contributed by atoms with Crippen LogP contribution in [0.15, 0.2) is 47.3 Å². The Labute approximate surface area is 110 Å². The number of rotatable bonds is 5. The first-order valence-corrected chi connectivity index (χ1v) is 5.99. The first-order valence-electron chi connectivity index (χ1n) is 5.61. The summed E-state index contributed by atoms with van der Waals surface area (Å²) in [5.41, 5.74) is 0.849. The molecule has 1 heterocycles. The summed E-state index contributed by atoms with van der Waals surface area (Å²) in [7, 11) is 0. The van der Waals surface area contributed by atoms with E-state index in [-0.39, 0.29) is 5.78 Å². The van der Waals surface area contributed by atoms with Crippen molar-refractivity contribution in [1.29, 1.82) is 0 Å². The zero-order valence-corrected chi connectivity index (χ0v) is 10.7. The number of carbonyl (C=O) groups excluding carboxylic acids is 1. The molecule has 0 saturated carbocycles. The van der Waals surface area contributed by atoms with Crippen LogP contribution >= 0.6 is 11.6 Å². The molecule has 18 heavy (non-hydrogen) atoms. The van der Waals surface area contributed by atoms with Crippen LogP contribution in [-0.2, 0) is 11.2 Å². The van der Waals surface area contributed by atoms with Gasteiger partial charge in [0.2, 0.25) is 0 Å². The fourth-order valence-electron chi connectivity index (χ4n) is 1.55. The van der Waals surface area contributed by atoms with Gasteiger partial charge in [0.25, 0.3) is 0 Å². The zero-order chi connectivity index (χ0) is 13.0. The van der Waals surface area contributed by atoms with Gasteiger partial charge in [0.05, 0.1) is 12.5 Å². The Bertz CT molecular complexity index is 520. The van der Waals surface area contributed by atoms with E-state index in [2.05, 4.69) is 0 Å². The Kier molecular flexibility index (Phi) is 4.05. The molecule has 0 amide bonds. The Morgan fingerprint density at radius 3 is 2.94 bits per heavy atom. The van der Waals surface area contributed by atoms with Gasteiger partial charge < -0.3 is 9.15 Å². The number of carbonyl (C=O) groups is 1. The highest BCUT2D eigenvalue weighted by molar-refractivity contribution is 6.30. The number of hydrogen-bond donors (Lipinski definition) is 0. The van der Waals surface area contributed by atoms with E-state index in [0.717, 1.165) is 5.56 Å². The summed E-state index contributed by atoms with van der Waals surface area (Å²) in [4.78, 5) is 11.9. The van der Waals surface area contributed by atoms with Gasteiger partial charge in [-0.15, -0.1) is 0 Å². The maximum absolute atomic E-state index is 11.9. The minimum Gasteiger partial charge on any atom is -0.483 e. The monoisotopic (exact) mass is 264 g/mol. The number of halogens is 1. The van der Waals surface area contributed by atoms with Gasteiger partial charge in [-0.3, -0.25) is 4.79 Å². The van der Waals surface area contributed by atoms with Crippen LogP contribution in [0.1, 0.15) is 12.5 Å². The van der Waals surface area contributed by atoms with Crippen molar-refractivity contribution in [3.63, 3.8) is 0 Å². The number of ketones is 1. The van der Waals surface area contributed by atoms with E-state index >= 15 is 0 Å². The largest absolute Gasteiger partial charge is 0.483 e. The van der Waals surface area contributed by atoms with E-state index in [9.17, 15) is 4.79 Å². The lowest BCUT2D eigenvalue weighted by Gasteiger charge is -2.13. The predicted molar refractivity (Wildman–Crippen MR) is 69.0 cm³/mol. The number of hydrogen-bond acceptors (Lipinski definition) is 3. The summed E-state index contributed by atoms with van der Waals surface area (Å²) in [5, 5.41) is 0.585. The standard InChI is InChI=1S/C14H13ClO3/c1-10(14(16)7-11-5-6-17-9-11)18-13-4-2-3-12(15)8-13/h2-6,8-10H,7H2,1H3. The van der Waals surface area contributed by atoms with Gasteiger partial charge in [-0.25, -0.2) is 0 Å². The van der Waals surface area contributed by atoms with Crippen molar-refractivity contribution in [2.75, 3.05) is 0 Å². The lowest BCUT2D eigenvalue weighted by Crippen LogP contribution is -2.25. The van der Waals surface area contributed by atoms with E-state index in [4.69, 9.17) is 20.8 Å². The second-order valence-corrected chi connectivity index (χ2v) is 4.43. The minimum absolute atomic E-state index is 0.00336. The molecule has 1 unspecified atom stereocenters. The zero-order valence-electron chi connectivity index (χ0n) is 9.93. The van der Waals surface area contributed by atoms with Crippen LogP contribution in [0, 0.1) is 0 Å². The van der Waals surface area contributed by atoms with Gasteiger partial charge in [0.1, 0.15) is 5.75 Å². The molecule has 0 aliphatic heterocycles. The van der Waals surface area contributed by atoms with Crippen molar-refractivity contribution in [2.24, 2.45) is 0 Å². The Hall–Kier alpha value is -1.74. The first kappa shape index (κ1) is 12.7. The maximum atomic E-state index is 11.9. The van der Waals surface area contributed by atoms with E-state index in [0.29, 0.717) is 17.2 Å². The van der Waals surface area contributed by atoms with Gasteiger partial charge in [0, 0.05) is 11.4 Å². The molecule has 0 fully saturated rings. The SMILES string of the molecule is CC(Oc1cccc(Cl)c1)C(=O)Cc1ccoc1. The third kappa shape index (κ3) is 3.37. The lowest BCUT2D eigenvalue weighted by atomic mass is 10.1. The van der Waals surface area contributed by atoms with Gasteiger partial charge in [-0.05, 0) is 36.8 Å². The van der Waals surface area contributed by atoms with Crippen molar-refractivity contribution in [1.82, 2.24) is 0 Å². The summed E-state index contributed by atoms with van der Waals surface area (Å²) >= 11 is 5.85. The van der Waals surface area contributed by atoms with Gasteiger partial charge in [-0.2, -0.15) is 0 Å². The van der Waals surface area contributed by atoms with Crippen LogP contribution < -0.4 is 4.74 Å². The average Bonchev–Trinajstić information content (AvgIpc) is 2.81. The molecule has 2 aromatic rings. The highest BCUT2D eigenvalue weighted by Gasteiger charge is 2.15. The van der Waals surface area contributed by atoms with Crippen molar-refractivity contribution < 1.29 is 13.9 Å². The highest BCUT2D eigenvalue weighted by Crippen LogP contribution is 2.18.